The first kappa shape index (κ1) is 16.7. The molecule has 2 aliphatic rings. The third kappa shape index (κ3) is 4.41. The van der Waals surface area contributed by atoms with Crippen molar-refractivity contribution in [1.29, 1.82) is 0 Å². The zero-order chi connectivity index (χ0) is 15.5. The topological polar surface area (TPSA) is 44.8 Å². The second-order valence-corrected chi connectivity index (χ2v) is 6.91. The van der Waals surface area contributed by atoms with Crippen molar-refractivity contribution < 1.29 is 9.53 Å². The van der Waals surface area contributed by atoms with Crippen LogP contribution >= 0.6 is 0 Å². The molecule has 5 nitrogen and oxygen atoms in total. The summed E-state index contributed by atoms with van der Waals surface area (Å²) in [5.74, 6) is 0.796. The van der Waals surface area contributed by atoms with Gasteiger partial charge in [-0.2, -0.15) is 0 Å². The normalized spacial score (nSPS) is 25.3. The highest BCUT2D eigenvalue weighted by Crippen LogP contribution is 2.30. The lowest BCUT2D eigenvalue weighted by atomic mass is 9.93. The molecule has 122 valence electrons. The van der Waals surface area contributed by atoms with E-state index in [1.807, 2.05) is 14.0 Å². The van der Waals surface area contributed by atoms with Gasteiger partial charge in [-0.25, -0.2) is 0 Å². The van der Waals surface area contributed by atoms with Crippen molar-refractivity contribution >= 4 is 5.97 Å². The Kier molecular flexibility index (Phi) is 5.63. The second-order valence-electron chi connectivity index (χ2n) is 6.91. The van der Waals surface area contributed by atoms with E-state index in [9.17, 15) is 4.79 Å². The van der Waals surface area contributed by atoms with E-state index < -0.39 is 5.54 Å². The van der Waals surface area contributed by atoms with Crippen LogP contribution in [0.1, 0.15) is 33.1 Å². The van der Waals surface area contributed by atoms with Gasteiger partial charge in [0.25, 0.3) is 0 Å². The van der Waals surface area contributed by atoms with E-state index >= 15 is 0 Å². The number of likely N-dealkylation sites (N-methyl/N-ethyl adjacent to an activating group) is 1. The monoisotopic (exact) mass is 297 g/mol. The molecule has 0 aromatic carbocycles. The van der Waals surface area contributed by atoms with Gasteiger partial charge < -0.3 is 15.0 Å². The van der Waals surface area contributed by atoms with Crippen LogP contribution in [0.3, 0.4) is 0 Å². The molecule has 2 fully saturated rings. The number of carbonyl (C=O) groups excluding carboxylic acids is 1. The molecule has 1 aliphatic heterocycles. The third-order valence-corrected chi connectivity index (χ3v) is 5.13. The Hall–Kier alpha value is -0.650. The van der Waals surface area contributed by atoms with Gasteiger partial charge in [0.15, 0.2) is 0 Å². The number of rotatable bonds is 7. The highest BCUT2D eigenvalue weighted by Gasteiger charge is 2.36. The lowest BCUT2D eigenvalue weighted by Gasteiger charge is -2.40. The molecule has 2 rings (SSSR count). The zero-order valence-electron chi connectivity index (χ0n) is 14.0. The van der Waals surface area contributed by atoms with Gasteiger partial charge in [0, 0.05) is 38.8 Å². The average Bonchev–Trinajstić information content (AvgIpc) is 3.30. The van der Waals surface area contributed by atoms with Gasteiger partial charge in [-0.05, 0) is 46.1 Å². The highest BCUT2D eigenvalue weighted by molar-refractivity contribution is 5.80. The van der Waals surface area contributed by atoms with Crippen LogP contribution in [0.15, 0.2) is 0 Å². The first-order valence-electron chi connectivity index (χ1n) is 8.22. The number of esters is 1. The van der Waals surface area contributed by atoms with Gasteiger partial charge in [-0.3, -0.25) is 9.69 Å². The molecule has 1 saturated carbocycles. The average molecular weight is 297 g/mol. The summed E-state index contributed by atoms with van der Waals surface area (Å²) in [6.07, 6.45) is 3.63. The molecule has 0 aromatic heterocycles. The largest absolute Gasteiger partial charge is 0.468 e. The van der Waals surface area contributed by atoms with Crippen LogP contribution in [0, 0.1) is 5.92 Å². The Bertz CT molecular complexity index is 351. The third-order valence-electron chi connectivity index (χ3n) is 5.13. The summed E-state index contributed by atoms with van der Waals surface area (Å²) in [6, 6.07) is 0.379. The summed E-state index contributed by atoms with van der Waals surface area (Å²) in [5.41, 5.74) is -0.598. The summed E-state index contributed by atoms with van der Waals surface area (Å²) in [5, 5.41) is 3.13. The molecular formula is C16H31N3O2. The minimum atomic E-state index is -0.598. The molecule has 2 unspecified atom stereocenters. The molecule has 1 heterocycles. The standard InChI is InChI=1S/C16H31N3O2/c1-13(11-16(2,17-3)15(20)21-4)19-9-7-18(8-10-19)12-14-5-6-14/h13-14,17H,5-12H2,1-4H3. The van der Waals surface area contributed by atoms with Crippen LogP contribution in [0.5, 0.6) is 0 Å². The quantitative estimate of drug-likeness (QED) is 0.709. The van der Waals surface area contributed by atoms with Crippen molar-refractivity contribution in [1.82, 2.24) is 15.1 Å². The van der Waals surface area contributed by atoms with Gasteiger partial charge >= 0.3 is 5.97 Å². The lowest BCUT2D eigenvalue weighted by molar-refractivity contribution is -0.148. The maximum Gasteiger partial charge on any atom is 0.325 e. The van der Waals surface area contributed by atoms with Crippen molar-refractivity contribution in [2.24, 2.45) is 5.92 Å². The number of piperazine rings is 1. The number of nitrogens with one attached hydrogen (secondary N) is 1. The Morgan fingerprint density at radius 3 is 2.43 bits per heavy atom. The number of hydrogen-bond donors (Lipinski definition) is 1. The summed E-state index contributed by atoms with van der Waals surface area (Å²) in [7, 11) is 3.29. The molecule has 0 spiro atoms. The Morgan fingerprint density at radius 1 is 1.33 bits per heavy atom. The fraction of sp³-hybridized carbons (Fsp3) is 0.938. The molecule has 0 aromatic rings. The van der Waals surface area contributed by atoms with Gasteiger partial charge in [-0.15, -0.1) is 0 Å². The summed E-state index contributed by atoms with van der Waals surface area (Å²) in [4.78, 5) is 17.0. The van der Waals surface area contributed by atoms with Gasteiger partial charge in [0.2, 0.25) is 0 Å². The van der Waals surface area contributed by atoms with Crippen LogP contribution in [0.25, 0.3) is 0 Å². The Balaban J connectivity index is 1.80. The minimum Gasteiger partial charge on any atom is -0.468 e. The van der Waals surface area contributed by atoms with E-state index in [1.54, 1.807) is 0 Å². The molecule has 1 N–H and O–H groups in total. The van der Waals surface area contributed by atoms with Crippen molar-refractivity contribution in [2.75, 3.05) is 46.9 Å². The van der Waals surface area contributed by atoms with Gasteiger partial charge in [-0.1, -0.05) is 0 Å². The molecule has 2 atom stereocenters. The maximum absolute atomic E-state index is 12.0. The molecule has 21 heavy (non-hydrogen) atoms. The molecule has 0 bridgehead atoms. The maximum atomic E-state index is 12.0. The fourth-order valence-corrected chi connectivity index (χ4v) is 3.28. The second kappa shape index (κ2) is 7.07. The number of methoxy groups -OCH3 is 1. The predicted molar refractivity (Wildman–Crippen MR) is 84.3 cm³/mol. The number of ether oxygens (including phenoxy) is 1. The smallest absolute Gasteiger partial charge is 0.325 e. The number of hydrogen-bond acceptors (Lipinski definition) is 5. The van der Waals surface area contributed by atoms with E-state index in [2.05, 4.69) is 22.0 Å². The van der Waals surface area contributed by atoms with Crippen molar-refractivity contribution in [3.05, 3.63) is 0 Å². The van der Waals surface area contributed by atoms with Crippen LogP contribution in [0.2, 0.25) is 0 Å². The van der Waals surface area contributed by atoms with Crippen LogP contribution in [-0.2, 0) is 9.53 Å². The minimum absolute atomic E-state index is 0.177. The van der Waals surface area contributed by atoms with E-state index in [4.69, 9.17) is 4.74 Å². The molecule has 5 heteroatoms. The van der Waals surface area contributed by atoms with E-state index in [0.29, 0.717) is 6.04 Å². The van der Waals surface area contributed by atoms with Crippen LogP contribution in [0.4, 0.5) is 0 Å². The van der Waals surface area contributed by atoms with Gasteiger partial charge in [0.05, 0.1) is 7.11 Å². The van der Waals surface area contributed by atoms with Crippen molar-refractivity contribution in [3.8, 4) is 0 Å². The summed E-state index contributed by atoms with van der Waals surface area (Å²) >= 11 is 0. The van der Waals surface area contributed by atoms with Crippen molar-refractivity contribution in [3.63, 3.8) is 0 Å². The molecular weight excluding hydrogens is 266 g/mol. The Morgan fingerprint density at radius 2 is 1.95 bits per heavy atom. The fourth-order valence-electron chi connectivity index (χ4n) is 3.28. The van der Waals surface area contributed by atoms with Crippen LogP contribution in [-0.4, -0.2) is 74.2 Å². The summed E-state index contributed by atoms with van der Waals surface area (Å²) < 4.78 is 4.93. The number of carbonyl (C=O) groups is 1. The molecule has 0 amide bonds. The SMILES string of the molecule is CNC(C)(CC(C)N1CCN(CC2CC2)CC1)C(=O)OC. The predicted octanol–water partition coefficient (Wildman–Crippen LogP) is 0.944. The first-order chi connectivity index (χ1) is 9.98. The first-order valence-corrected chi connectivity index (χ1v) is 8.22. The van der Waals surface area contributed by atoms with Crippen LogP contribution < -0.4 is 5.32 Å². The van der Waals surface area contributed by atoms with E-state index in [1.165, 1.54) is 26.5 Å². The molecule has 1 aliphatic carbocycles. The van der Waals surface area contributed by atoms with E-state index in [0.717, 1.165) is 38.5 Å². The van der Waals surface area contributed by atoms with Gasteiger partial charge in [0.1, 0.15) is 5.54 Å². The lowest BCUT2D eigenvalue weighted by Crippen LogP contribution is -2.55. The molecule has 1 saturated heterocycles. The summed E-state index contributed by atoms with van der Waals surface area (Å²) in [6.45, 7) is 9.97. The Labute approximate surface area is 129 Å². The number of nitrogens with zero attached hydrogens (tertiary/aromatic N) is 2. The zero-order valence-corrected chi connectivity index (χ0v) is 14.0. The van der Waals surface area contributed by atoms with E-state index in [-0.39, 0.29) is 5.97 Å². The molecule has 0 radical (unpaired) electrons. The highest BCUT2D eigenvalue weighted by atomic mass is 16.5. The van der Waals surface area contributed by atoms with Crippen molar-refractivity contribution in [2.45, 2.75) is 44.7 Å².